The molecule has 2 heterocycles. The first kappa shape index (κ1) is 15.6. The molecule has 1 aromatic carbocycles. The van der Waals surface area contributed by atoms with Crippen LogP contribution < -0.4 is 10.1 Å². The molecule has 0 unspecified atom stereocenters. The molecule has 0 fully saturated rings. The van der Waals surface area contributed by atoms with E-state index in [1.165, 1.54) is 11.0 Å². The SMILES string of the molecule is Cn1nnc(CNC(=O)c2ccnc(OCc3ccccc3)c2)n1. The molecule has 0 atom stereocenters. The molecule has 122 valence electrons. The minimum atomic E-state index is -0.255. The zero-order valence-corrected chi connectivity index (χ0v) is 13.1. The summed E-state index contributed by atoms with van der Waals surface area (Å²) in [6, 6.07) is 13.0. The van der Waals surface area contributed by atoms with E-state index in [9.17, 15) is 4.79 Å². The van der Waals surface area contributed by atoms with Gasteiger partial charge in [0.1, 0.15) is 6.61 Å². The Bertz CT molecular complexity index is 818. The number of rotatable bonds is 6. The van der Waals surface area contributed by atoms with E-state index in [-0.39, 0.29) is 12.5 Å². The molecule has 3 rings (SSSR count). The molecule has 0 aliphatic heterocycles. The molecule has 0 saturated carbocycles. The summed E-state index contributed by atoms with van der Waals surface area (Å²) in [4.78, 5) is 17.6. The molecule has 0 saturated heterocycles. The molecule has 0 spiro atoms. The molecule has 8 heteroatoms. The Morgan fingerprint density at radius 1 is 1.25 bits per heavy atom. The van der Waals surface area contributed by atoms with Gasteiger partial charge in [0.15, 0.2) is 5.82 Å². The van der Waals surface area contributed by atoms with E-state index in [4.69, 9.17) is 4.74 Å². The van der Waals surface area contributed by atoms with Crippen molar-refractivity contribution in [1.82, 2.24) is 30.5 Å². The Morgan fingerprint density at radius 3 is 2.83 bits per heavy atom. The van der Waals surface area contributed by atoms with Gasteiger partial charge < -0.3 is 10.1 Å². The maximum atomic E-state index is 12.2. The van der Waals surface area contributed by atoms with E-state index in [2.05, 4.69) is 25.7 Å². The van der Waals surface area contributed by atoms with Gasteiger partial charge in [-0.15, -0.1) is 10.2 Å². The van der Waals surface area contributed by atoms with Crippen molar-refractivity contribution in [3.8, 4) is 5.88 Å². The molecule has 1 amide bonds. The average Bonchev–Trinajstić information content (AvgIpc) is 3.04. The molecule has 0 radical (unpaired) electrons. The highest BCUT2D eigenvalue weighted by Crippen LogP contribution is 2.12. The third-order valence-corrected chi connectivity index (χ3v) is 3.18. The first-order valence-electron chi connectivity index (χ1n) is 7.34. The highest BCUT2D eigenvalue weighted by atomic mass is 16.5. The summed E-state index contributed by atoms with van der Waals surface area (Å²) in [5.41, 5.74) is 1.49. The van der Waals surface area contributed by atoms with Gasteiger partial charge in [0.05, 0.1) is 13.6 Å². The number of hydrogen-bond donors (Lipinski definition) is 1. The molecule has 3 aromatic rings. The summed E-state index contributed by atoms with van der Waals surface area (Å²) in [7, 11) is 1.66. The summed E-state index contributed by atoms with van der Waals surface area (Å²) >= 11 is 0. The first-order valence-corrected chi connectivity index (χ1v) is 7.34. The fourth-order valence-corrected chi connectivity index (χ4v) is 2.02. The molecule has 8 nitrogen and oxygen atoms in total. The Morgan fingerprint density at radius 2 is 2.08 bits per heavy atom. The van der Waals surface area contributed by atoms with Crippen molar-refractivity contribution in [2.75, 3.05) is 0 Å². The van der Waals surface area contributed by atoms with E-state index in [0.29, 0.717) is 23.9 Å². The number of pyridine rings is 1. The molecule has 0 bridgehead atoms. The van der Waals surface area contributed by atoms with Gasteiger partial charge in [-0.25, -0.2) is 4.98 Å². The molecule has 2 aromatic heterocycles. The van der Waals surface area contributed by atoms with Gasteiger partial charge in [-0.1, -0.05) is 30.3 Å². The first-order chi connectivity index (χ1) is 11.7. The van der Waals surface area contributed by atoms with Crippen LogP contribution in [-0.4, -0.2) is 31.1 Å². The lowest BCUT2D eigenvalue weighted by atomic mass is 10.2. The van der Waals surface area contributed by atoms with E-state index >= 15 is 0 Å². The van der Waals surface area contributed by atoms with Gasteiger partial charge in [0.25, 0.3) is 5.91 Å². The highest BCUT2D eigenvalue weighted by molar-refractivity contribution is 5.94. The van der Waals surface area contributed by atoms with Gasteiger partial charge >= 0.3 is 0 Å². The summed E-state index contributed by atoms with van der Waals surface area (Å²) < 4.78 is 5.62. The molecule has 24 heavy (non-hydrogen) atoms. The number of benzene rings is 1. The largest absolute Gasteiger partial charge is 0.473 e. The van der Waals surface area contributed by atoms with E-state index in [0.717, 1.165) is 5.56 Å². The molecule has 1 N–H and O–H groups in total. The molecule has 0 aliphatic carbocycles. The third-order valence-electron chi connectivity index (χ3n) is 3.18. The number of aryl methyl sites for hydroxylation is 1. The van der Waals surface area contributed by atoms with Crippen LogP contribution >= 0.6 is 0 Å². The van der Waals surface area contributed by atoms with Crippen LogP contribution in [0.5, 0.6) is 5.88 Å². The van der Waals surface area contributed by atoms with Gasteiger partial charge in [-0.05, 0) is 16.8 Å². The lowest BCUT2D eigenvalue weighted by Gasteiger charge is -2.07. The third kappa shape index (κ3) is 4.13. The zero-order chi connectivity index (χ0) is 16.8. The minimum absolute atomic E-state index is 0.204. The van der Waals surface area contributed by atoms with Gasteiger partial charge in [0, 0.05) is 17.8 Å². The molecule has 0 aliphatic rings. The highest BCUT2D eigenvalue weighted by Gasteiger charge is 2.09. The second kappa shape index (κ2) is 7.32. The predicted molar refractivity (Wildman–Crippen MR) is 85.0 cm³/mol. The van der Waals surface area contributed by atoms with E-state index in [1.54, 1.807) is 19.2 Å². The van der Waals surface area contributed by atoms with Crippen LogP contribution in [0.1, 0.15) is 21.7 Å². The summed E-state index contributed by atoms with van der Waals surface area (Å²) in [5, 5.41) is 14.2. The topological polar surface area (TPSA) is 94.8 Å². The van der Waals surface area contributed by atoms with Crippen LogP contribution in [0.15, 0.2) is 48.7 Å². The van der Waals surface area contributed by atoms with Crippen LogP contribution in [0.2, 0.25) is 0 Å². The number of nitrogens with one attached hydrogen (secondary N) is 1. The zero-order valence-electron chi connectivity index (χ0n) is 13.1. The Labute approximate surface area is 138 Å². The fraction of sp³-hybridized carbons (Fsp3) is 0.188. The smallest absolute Gasteiger partial charge is 0.251 e. The number of tetrazole rings is 1. The summed E-state index contributed by atoms with van der Waals surface area (Å²) in [6.07, 6.45) is 1.54. The average molecular weight is 324 g/mol. The van der Waals surface area contributed by atoms with Crippen molar-refractivity contribution < 1.29 is 9.53 Å². The van der Waals surface area contributed by atoms with Gasteiger partial charge in [-0.3, -0.25) is 4.79 Å². The number of nitrogens with zero attached hydrogens (tertiary/aromatic N) is 5. The normalized spacial score (nSPS) is 10.4. The van der Waals surface area contributed by atoms with Crippen LogP contribution in [0.3, 0.4) is 0 Å². The monoisotopic (exact) mass is 324 g/mol. The number of carbonyl (C=O) groups excluding carboxylic acids is 1. The number of aromatic nitrogens is 5. The Kier molecular flexibility index (Phi) is 4.76. The predicted octanol–water partition coefficient (Wildman–Crippen LogP) is 1.11. The summed E-state index contributed by atoms with van der Waals surface area (Å²) in [6.45, 7) is 0.595. The minimum Gasteiger partial charge on any atom is -0.473 e. The van der Waals surface area contributed by atoms with E-state index in [1.807, 2.05) is 30.3 Å². The van der Waals surface area contributed by atoms with Crippen LogP contribution in [0, 0.1) is 0 Å². The van der Waals surface area contributed by atoms with Crippen molar-refractivity contribution in [3.63, 3.8) is 0 Å². The van der Waals surface area contributed by atoms with Crippen LogP contribution in [0.4, 0.5) is 0 Å². The van der Waals surface area contributed by atoms with Crippen LogP contribution in [0.25, 0.3) is 0 Å². The second-order valence-corrected chi connectivity index (χ2v) is 5.03. The van der Waals surface area contributed by atoms with Crippen molar-refractivity contribution in [2.45, 2.75) is 13.2 Å². The maximum Gasteiger partial charge on any atom is 0.251 e. The molecular weight excluding hydrogens is 308 g/mol. The lowest BCUT2D eigenvalue weighted by Crippen LogP contribution is -2.23. The molecular formula is C16H16N6O2. The Balaban J connectivity index is 1.58. The van der Waals surface area contributed by atoms with Crippen molar-refractivity contribution in [1.29, 1.82) is 0 Å². The van der Waals surface area contributed by atoms with Crippen LogP contribution in [-0.2, 0) is 20.2 Å². The number of ether oxygens (including phenoxy) is 1. The second-order valence-electron chi connectivity index (χ2n) is 5.03. The number of amides is 1. The van der Waals surface area contributed by atoms with Gasteiger partial charge in [-0.2, -0.15) is 4.80 Å². The maximum absolute atomic E-state index is 12.2. The number of carbonyl (C=O) groups is 1. The van der Waals surface area contributed by atoms with Crippen molar-refractivity contribution >= 4 is 5.91 Å². The Hall–Kier alpha value is -3.29. The number of hydrogen-bond acceptors (Lipinski definition) is 6. The lowest BCUT2D eigenvalue weighted by molar-refractivity contribution is 0.0949. The van der Waals surface area contributed by atoms with Crippen molar-refractivity contribution in [3.05, 3.63) is 65.6 Å². The quantitative estimate of drug-likeness (QED) is 0.730. The summed E-state index contributed by atoms with van der Waals surface area (Å²) in [5.74, 6) is 0.582. The fourth-order valence-electron chi connectivity index (χ4n) is 2.02. The van der Waals surface area contributed by atoms with Gasteiger partial charge in [0.2, 0.25) is 5.88 Å². The van der Waals surface area contributed by atoms with E-state index < -0.39 is 0 Å². The standard InChI is InChI=1S/C16H16N6O2/c1-22-20-14(19-21-22)10-18-16(23)13-7-8-17-15(9-13)24-11-12-5-3-2-4-6-12/h2-9H,10-11H2,1H3,(H,18,23). The van der Waals surface area contributed by atoms with Crippen molar-refractivity contribution in [2.24, 2.45) is 7.05 Å².